The zero-order valence-corrected chi connectivity index (χ0v) is 13.1. The summed E-state index contributed by atoms with van der Waals surface area (Å²) in [7, 11) is 0. The predicted octanol–water partition coefficient (Wildman–Crippen LogP) is 3.41. The maximum absolute atomic E-state index is 4.95. The summed E-state index contributed by atoms with van der Waals surface area (Å²) < 4.78 is 0. The molecule has 1 N–H and O–H groups in total. The average Bonchev–Trinajstić information content (AvgIpc) is 3.08. The van der Waals surface area contributed by atoms with Crippen LogP contribution in [0.3, 0.4) is 0 Å². The Hall–Kier alpha value is -1.68. The summed E-state index contributed by atoms with van der Waals surface area (Å²) in [5, 5.41) is 0. The number of hydrogen-bond donors (Lipinski definition) is 1. The highest BCUT2D eigenvalue weighted by Gasteiger charge is 2.22. The zero-order valence-electron chi connectivity index (χ0n) is 13.1. The first-order valence-electron chi connectivity index (χ1n) is 8.58. The summed E-state index contributed by atoms with van der Waals surface area (Å²) in [6.07, 6.45) is 11.8. The van der Waals surface area contributed by atoms with Gasteiger partial charge >= 0.3 is 0 Å². The van der Waals surface area contributed by atoms with E-state index in [1.165, 1.54) is 49.1 Å². The molecule has 1 saturated carbocycles. The summed E-state index contributed by atoms with van der Waals surface area (Å²) >= 11 is 0. The van der Waals surface area contributed by atoms with Gasteiger partial charge in [0.2, 0.25) is 0 Å². The quantitative estimate of drug-likeness (QED) is 0.944. The van der Waals surface area contributed by atoms with Crippen molar-refractivity contribution >= 4 is 0 Å². The third-order valence-corrected chi connectivity index (χ3v) is 5.07. The molecule has 1 aliphatic heterocycles. The van der Waals surface area contributed by atoms with Crippen LogP contribution >= 0.6 is 0 Å². The van der Waals surface area contributed by atoms with Gasteiger partial charge in [-0.25, -0.2) is 9.97 Å². The smallest absolute Gasteiger partial charge is 0.131 e. The van der Waals surface area contributed by atoms with Gasteiger partial charge in [-0.05, 0) is 37.0 Å². The van der Waals surface area contributed by atoms with Crippen LogP contribution in [0, 0.1) is 0 Å². The maximum Gasteiger partial charge on any atom is 0.131 e. The van der Waals surface area contributed by atoms with Gasteiger partial charge in [0.05, 0.1) is 5.69 Å². The summed E-state index contributed by atoms with van der Waals surface area (Å²) in [6.45, 7) is 3.03. The van der Waals surface area contributed by atoms with Crippen molar-refractivity contribution in [2.75, 3.05) is 6.54 Å². The van der Waals surface area contributed by atoms with Gasteiger partial charge in [0.25, 0.3) is 0 Å². The molecular weight excluding hydrogens is 272 g/mol. The summed E-state index contributed by atoms with van der Waals surface area (Å²) in [6, 6.07) is 4.22. The van der Waals surface area contributed by atoms with Gasteiger partial charge in [-0.1, -0.05) is 19.3 Å². The van der Waals surface area contributed by atoms with Crippen LogP contribution in [-0.2, 0) is 19.5 Å². The van der Waals surface area contributed by atoms with Crippen molar-refractivity contribution in [3.05, 3.63) is 47.3 Å². The first-order valence-corrected chi connectivity index (χ1v) is 8.58. The lowest BCUT2D eigenvalue weighted by molar-refractivity contribution is 0.237. The number of nitrogens with one attached hydrogen (secondary N) is 1. The minimum Gasteiger partial charge on any atom is -0.364 e. The average molecular weight is 296 g/mol. The van der Waals surface area contributed by atoms with Crippen molar-refractivity contribution in [2.45, 2.75) is 57.5 Å². The molecule has 0 unspecified atom stereocenters. The van der Waals surface area contributed by atoms with Crippen LogP contribution in [0.1, 0.15) is 60.8 Å². The first-order chi connectivity index (χ1) is 10.9. The molecule has 2 aliphatic rings. The van der Waals surface area contributed by atoms with Crippen molar-refractivity contribution in [2.24, 2.45) is 0 Å². The number of aromatic nitrogens is 3. The third-order valence-electron chi connectivity index (χ3n) is 5.07. The van der Waals surface area contributed by atoms with Crippen LogP contribution in [0.2, 0.25) is 0 Å². The normalized spacial score (nSPS) is 20.0. The minimum absolute atomic E-state index is 0.595. The Morgan fingerprint density at radius 2 is 2.14 bits per heavy atom. The van der Waals surface area contributed by atoms with E-state index in [0.717, 1.165) is 31.9 Å². The van der Waals surface area contributed by atoms with E-state index < -0.39 is 0 Å². The van der Waals surface area contributed by atoms with Crippen molar-refractivity contribution in [1.82, 2.24) is 19.9 Å². The highest BCUT2D eigenvalue weighted by atomic mass is 15.1. The number of nitrogens with zero attached hydrogens (tertiary/aromatic N) is 3. The Morgan fingerprint density at radius 3 is 2.95 bits per heavy atom. The number of fused-ring (bicyclic) bond motifs is 1. The molecule has 4 rings (SSSR count). The van der Waals surface area contributed by atoms with Gasteiger partial charge in [-0.3, -0.25) is 4.90 Å². The van der Waals surface area contributed by atoms with E-state index in [-0.39, 0.29) is 0 Å². The monoisotopic (exact) mass is 296 g/mol. The standard InChI is InChI=1S/C18H24N4/c1-2-5-14(6-3-1)18-20-11-15-8-10-22(13-17(15)21-18)12-16-7-4-9-19-16/h4,7,9,11,14,19H,1-3,5-6,8,10,12-13H2. The van der Waals surface area contributed by atoms with Crippen molar-refractivity contribution in [3.8, 4) is 0 Å². The molecule has 116 valence electrons. The number of aromatic amines is 1. The van der Waals surface area contributed by atoms with Gasteiger partial charge in [0.1, 0.15) is 5.82 Å². The molecule has 1 aliphatic carbocycles. The summed E-state index contributed by atoms with van der Waals surface area (Å²) in [5.41, 5.74) is 3.89. The van der Waals surface area contributed by atoms with Crippen molar-refractivity contribution in [1.29, 1.82) is 0 Å². The molecule has 0 atom stereocenters. The predicted molar refractivity (Wildman–Crippen MR) is 86.5 cm³/mol. The van der Waals surface area contributed by atoms with E-state index in [4.69, 9.17) is 4.98 Å². The fourth-order valence-electron chi connectivity index (χ4n) is 3.77. The molecule has 3 heterocycles. The van der Waals surface area contributed by atoms with Gasteiger partial charge in [0, 0.05) is 43.6 Å². The number of hydrogen-bond acceptors (Lipinski definition) is 3. The van der Waals surface area contributed by atoms with Crippen molar-refractivity contribution in [3.63, 3.8) is 0 Å². The van der Waals surface area contributed by atoms with Crippen LogP contribution in [-0.4, -0.2) is 26.4 Å². The fraction of sp³-hybridized carbons (Fsp3) is 0.556. The SMILES string of the molecule is c1c[nH]c(CN2CCc3cnc(C4CCCCC4)nc3C2)c1. The molecule has 2 aromatic rings. The number of H-pyrrole nitrogens is 1. The van der Waals surface area contributed by atoms with Crippen LogP contribution in [0.15, 0.2) is 24.5 Å². The van der Waals surface area contributed by atoms with Crippen LogP contribution in [0.5, 0.6) is 0 Å². The lowest BCUT2D eigenvalue weighted by Crippen LogP contribution is -2.31. The Labute approximate surface area is 132 Å². The van der Waals surface area contributed by atoms with E-state index in [1.54, 1.807) is 0 Å². The minimum atomic E-state index is 0.595. The van der Waals surface area contributed by atoms with Crippen LogP contribution in [0.4, 0.5) is 0 Å². The second-order valence-electron chi connectivity index (χ2n) is 6.69. The van der Waals surface area contributed by atoms with E-state index in [0.29, 0.717) is 5.92 Å². The molecule has 0 radical (unpaired) electrons. The molecule has 0 bridgehead atoms. The summed E-state index contributed by atoms with van der Waals surface area (Å²) in [4.78, 5) is 15.4. The zero-order chi connectivity index (χ0) is 14.8. The van der Waals surface area contributed by atoms with E-state index in [1.807, 2.05) is 6.20 Å². The fourth-order valence-corrected chi connectivity index (χ4v) is 3.77. The molecule has 0 amide bonds. The van der Waals surface area contributed by atoms with Gasteiger partial charge < -0.3 is 4.98 Å². The Morgan fingerprint density at radius 1 is 1.23 bits per heavy atom. The number of rotatable bonds is 3. The van der Waals surface area contributed by atoms with Gasteiger partial charge in [0.15, 0.2) is 0 Å². The largest absolute Gasteiger partial charge is 0.364 e. The van der Waals surface area contributed by atoms with Crippen molar-refractivity contribution < 1.29 is 0 Å². The van der Waals surface area contributed by atoms with Gasteiger partial charge in [-0.2, -0.15) is 0 Å². The molecule has 0 aromatic carbocycles. The van der Waals surface area contributed by atoms with E-state index >= 15 is 0 Å². The Bertz CT molecular complexity index is 614. The molecular formula is C18H24N4. The molecule has 4 heteroatoms. The lowest BCUT2D eigenvalue weighted by Gasteiger charge is -2.28. The molecule has 0 spiro atoms. The second-order valence-corrected chi connectivity index (χ2v) is 6.69. The van der Waals surface area contributed by atoms with E-state index in [9.17, 15) is 0 Å². The second kappa shape index (κ2) is 6.21. The molecule has 0 saturated heterocycles. The van der Waals surface area contributed by atoms with Crippen LogP contribution in [0.25, 0.3) is 0 Å². The maximum atomic E-state index is 4.95. The molecule has 2 aromatic heterocycles. The summed E-state index contributed by atoms with van der Waals surface area (Å²) in [5.74, 6) is 1.69. The highest BCUT2D eigenvalue weighted by Crippen LogP contribution is 2.31. The molecule has 22 heavy (non-hydrogen) atoms. The third kappa shape index (κ3) is 2.93. The van der Waals surface area contributed by atoms with Crippen LogP contribution < -0.4 is 0 Å². The lowest BCUT2D eigenvalue weighted by atomic mass is 9.88. The Kier molecular flexibility index (Phi) is 3.94. The topological polar surface area (TPSA) is 44.8 Å². The first kappa shape index (κ1) is 13.9. The van der Waals surface area contributed by atoms with Gasteiger partial charge in [-0.15, -0.1) is 0 Å². The molecule has 4 nitrogen and oxygen atoms in total. The molecule has 1 fully saturated rings. The highest BCUT2D eigenvalue weighted by molar-refractivity contribution is 5.22. The Balaban J connectivity index is 1.49. The van der Waals surface area contributed by atoms with E-state index in [2.05, 4.69) is 33.2 Å².